The number of anilines is 1. The molecule has 0 aromatic heterocycles. The number of rotatable bonds is 6. The van der Waals surface area contributed by atoms with Crippen molar-refractivity contribution in [2.45, 2.75) is 19.0 Å². The standard InChI is InChI=1S/C27H21BrF2N2O2/c28-14-23-25(27(34)31-26(20-13-24(20)33)16-6-4-7-17(29)12-16)19-10-5-11-22(30)21(19)15-32(23)18-8-2-1-3-9-18/h1-12,20,26H,13-15H2,(H,31,34)/t20?,26-/m1/s1. The van der Waals surface area contributed by atoms with E-state index in [9.17, 15) is 18.4 Å². The maximum atomic E-state index is 14.9. The van der Waals surface area contributed by atoms with Crippen LogP contribution in [0.3, 0.4) is 0 Å². The molecule has 1 N–H and O–H groups in total. The number of alkyl halides is 1. The van der Waals surface area contributed by atoms with Crippen molar-refractivity contribution in [1.29, 1.82) is 0 Å². The van der Waals surface area contributed by atoms with Crippen molar-refractivity contribution < 1.29 is 18.4 Å². The van der Waals surface area contributed by atoms with Crippen LogP contribution in [-0.4, -0.2) is 17.0 Å². The lowest BCUT2D eigenvalue weighted by Gasteiger charge is -2.35. The zero-order valence-electron chi connectivity index (χ0n) is 18.1. The zero-order valence-corrected chi connectivity index (χ0v) is 19.7. The highest BCUT2D eigenvalue weighted by Gasteiger charge is 2.44. The first-order valence-corrected chi connectivity index (χ1v) is 12.1. The number of Topliss-reactive ketones (excluding diaryl/α,β-unsaturated/α-hetero) is 1. The number of allylic oxidation sites excluding steroid dienone is 1. The molecular weight excluding hydrogens is 502 g/mol. The van der Waals surface area contributed by atoms with Crippen LogP contribution in [-0.2, 0) is 16.1 Å². The minimum absolute atomic E-state index is 0.0188. The molecule has 3 aromatic rings. The maximum absolute atomic E-state index is 14.9. The van der Waals surface area contributed by atoms with Crippen molar-refractivity contribution in [1.82, 2.24) is 5.32 Å². The largest absolute Gasteiger partial charge is 0.344 e. The van der Waals surface area contributed by atoms with Gasteiger partial charge in [-0.3, -0.25) is 9.59 Å². The van der Waals surface area contributed by atoms with Crippen LogP contribution in [0.5, 0.6) is 0 Å². The Kier molecular flexibility index (Phi) is 6.04. The molecule has 1 fully saturated rings. The van der Waals surface area contributed by atoms with Crippen LogP contribution in [0.15, 0.2) is 78.5 Å². The van der Waals surface area contributed by atoms with Crippen molar-refractivity contribution in [3.05, 3.63) is 107 Å². The van der Waals surface area contributed by atoms with Gasteiger partial charge in [-0.1, -0.05) is 58.4 Å². The van der Waals surface area contributed by atoms with Gasteiger partial charge in [-0.25, -0.2) is 8.78 Å². The lowest BCUT2D eigenvalue weighted by atomic mass is 9.91. The summed E-state index contributed by atoms with van der Waals surface area (Å²) < 4.78 is 28.8. The van der Waals surface area contributed by atoms with Crippen molar-refractivity contribution in [2.24, 2.45) is 5.92 Å². The van der Waals surface area contributed by atoms with Crippen LogP contribution in [0.25, 0.3) is 5.57 Å². The molecule has 2 aliphatic rings. The van der Waals surface area contributed by atoms with Gasteiger partial charge in [0.25, 0.3) is 5.91 Å². The van der Waals surface area contributed by atoms with E-state index in [2.05, 4.69) is 21.2 Å². The van der Waals surface area contributed by atoms with Crippen LogP contribution in [0, 0.1) is 17.6 Å². The molecule has 0 radical (unpaired) electrons. The molecule has 1 amide bonds. The van der Waals surface area contributed by atoms with Crippen LogP contribution in [0.2, 0.25) is 0 Å². The van der Waals surface area contributed by atoms with E-state index in [1.807, 2.05) is 35.2 Å². The summed E-state index contributed by atoms with van der Waals surface area (Å²) in [5, 5.41) is 3.32. The fraction of sp³-hybridized carbons (Fsp3) is 0.185. The van der Waals surface area contributed by atoms with Gasteiger partial charge in [-0.05, 0) is 41.5 Å². The number of amides is 1. The SMILES string of the molecule is O=C(N[C@H](c1cccc(F)c1)C1CC1=O)C1=C(CBr)N(c2ccccc2)Cc2c(F)cccc21. The zero-order chi connectivity index (χ0) is 23.8. The first-order chi connectivity index (χ1) is 16.5. The molecule has 1 aliphatic heterocycles. The molecule has 7 heteroatoms. The second-order valence-corrected chi connectivity index (χ2v) is 8.99. The van der Waals surface area contributed by atoms with Gasteiger partial charge in [0.1, 0.15) is 17.4 Å². The van der Waals surface area contributed by atoms with Crippen LogP contribution in [0.1, 0.15) is 29.2 Å². The quantitative estimate of drug-likeness (QED) is 0.432. The van der Waals surface area contributed by atoms with E-state index in [4.69, 9.17) is 0 Å². The Balaban J connectivity index is 1.60. The molecule has 5 rings (SSSR count). The first kappa shape index (κ1) is 22.5. The number of nitrogens with one attached hydrogen (secondary N) is 1. The molecule has 0 saturated heterocycles. The smallest absolute Gasteiger partial charge is 0.254 e. The lowest BCUT2D eigenvalue weighted by molar-refractivity contribution is -0.116. The van der Waals surface area contributed by atoms with Gasteiger partial charge in [-0.15, -0.1) is 0 Å². The third-order valence-electron chi connectivity index (χ3n) is 6.31. The minimum Gasteiger partial charge on any atom is -0.344 e. The number of nitrogens with zero attached hydrogens (tertiary/aromatic N) is 1. The number of carbonyl (C=O) groups is 2. The van der Waals surface area contributed by atoms with Crippen molar-refractivity contribution >= 4 is 38.9 Å². The molecule has 4 nitrogen and oxygen atoms in total. The molecule has 3 aromatic carbocycles. The molecule has 172 valence electrons. The summed E-state index contributed by atoms with van der Waals surface area (Å²) in [6.45, 7) is 0.276. The summed E-state index contributed by atoms with van der Waals surface area (Å²) in [7, 11) is 0. The number of para-hydroxylation sites is 1. The highest BCUT2D eigenvalue weighted by molar-refractivity contribution is 9.09. The molecule has 1 heterocycles. The summed E-state index contributed by atoms with van der Waals surface area (Å²) in [5.41, 5.74) is 3.30. The topological polar surface area (TPSA) is 49.4 Å². The Labute approximate surface area is 204 Å². The van der Waals surface area contributed by atoms with E-state index in [0.717, 1.165) is 5.69 Å². The van der Waals surface area contributed by atoms with Gasteiger partial charge in [0, 0.05) is 34.6 Å². The molecule has 1 aliphatic carbocycles. The normalized spacial score (nSPS) is 17.9. The number of benzene rings is 3. The Morgan fingerprint density at radius 1 is 1.06 bits per heavy atom. The third kappa shape index (κ3) is 4.16. The van der Waals surface area contributed by atoms with E-state index in [1.165, 1.54) is 18.2 Å². The Bertz CT molecular complexity index is 1310. The molecule has 1 unspecified atom stereocenters. The van der Waals surface area contributed by atoms with Crippen molar-refractivity contribution in [3.63, 3.8) is 0 Å². The van der Waals surface area contributed by atoms with E-state index in [0.29, 0.717) is 39.7 Å². The Hall–Kier alpha value is -3.32. The molecule has 34 heavy (non-hydrogen) atoms. The molecule has 1 saturated carbocycles. The number of hydrogen-bond donors (Lipinski definition) is 1. The average molecular weight is 523 g/mol. The molecule has 0 spiro atoms. The number of carbonyl (C=O) groups excluding carboxylic acids is 2. The van der Waals surface area contributed by atoms with Gasteiger partial charge in [0.2, 0.25) is 0 Å². The monoisotopic (exact) mass is 522 g/mol. The molecular formula is C27H21BrF2N2O2. The summed E-state index contributed by atoms with van der Waals surface area (Å²) in [6.07, 6.45) is 0.327. The van der Waals surface area contributed by atoms with Crippen LogP contribution in [0.4, 0.5) is 14.5 Å². The summed E-state index contributed by atoms with van der Waals surface area (Å²) >= 11 is 3.52. The second kappa shape index (κ2) is 9.14. The van der Waals surface area contributed by atoms with E-state index in [-0.39, 0.29) is 12.3 Å². The van der Waals surface area contributed by atoms with Crippen LogP contribution >= 0.6 is 15.9 Å². The predicted octanol–water partition coefficient (Wildman–Crippen LogP) is 5.54. The fourth-order valence-corrected chi connectivity index (χ4v) is 5.12. The van der Waals surface area contributed by atoms with E-state index < -0.39 is 29.5 Å². The van der Waals surface area contributed by atoms with Gasteiger partial charge in [-0.2, -0.15) is 0 Å². The maximum Gasteiger partial charge on any atom is 0.254 e. The highest BCUT2D eigenvalue weighted by atomic mass is 79.9. The molecule has 0 bridgehead atoms. The Morgan fingerprint density at radius 3 is 2.47 bits per heavy atom. The van der Waals surface area contributed by atoms with E-state index >= 15 is 0 Å². The fourth-order valence-electron chi connectivity index (χ4n) is 4.54. The third-order valence-corrected chi connectivity index (χ3v) is 6.84. The van der Waals surface area contributed by atoms with Gasteiger partial charge < -0.3 is 10.2 Å². The Morgan fingerprint density at radius 2 is 1.79 bits per heavy atom. The number of ketones is 1. The van der Waals surface area contributed by atoms with Gasteiger partial charge in [0.05, 0.1) is 18.2 Å². The average Bonchev–Trinajstić information content (AvgIpc) is 3.58. The summed E-state index contributed by atoms with van der Waals surface area (Å²) in [6, 6.07) is 19.4. The lowest BCUT2D eigenvalue weighted by Crippen LogP contribution is -2.37. The summed E-state index contributed by atoms with van der Waals surface area (Å²) in [5.74, 6) is -1.65. The summed E-state index contributed by atoms with van der Waals surface area (Å²) in [4.78, 5) is 27.7. The highest BCUT2D eigenvalue weighted by Crippen LogP contribution is 2.40. The predicted molar refractivity (Wildman–Crippen MR) is 130 cm³/mol. The van der Waals surface area contributed by atoms with Gasteiger partial charge >= 0.3 is 0 Å². The first-order valence-electron chi connectivity index (χ1n) is 11.0. The van der Waals surface area contributed by atoms with Crippen molar-refractivity contribution in [3.8, 4) is 0 Å². The van der Waals surface area contributed by atoms with Crippen LogP contribution < -0.4 is 10.2 Å². The number of halogens is 3. The minimum atomic E-state index is -0.663. The van der Waals surface area contributed by atoms with Gasteiger partial charge in [0.15, 0.2) is 0 Å². The van der Waals surface area contributed by atoms with E-state index in [1.54, 1.807) is 24.3 Å². The van der Waals surface area contributed by atoms with Crippen molar-refractivity contribution in [2.75, 3.05) is 10.2 Å². The second-order valence-electron chi connectivity index (χ2n) is 8.43. The molecule has 2 atom stereocenters. The number of hydrogen-bond acceptors (Lipinski definition) is 3. The number of fused-ring (bicyclic) bond motifs is 1.